The van der Waals surface area contributed by atoms with Crippen LogP contribution in [0.15, 0.2) is 11.6 Å². The Bertz CT molecular complexity index is 586. The predicted molar refractivity (Wildman–Crippen MR) is 92.4 cm³/mol. The zero-order chi connectivity index (χ0) is 16.7. The maximum Gasteiger partial charge on any atom is 0.111 e. The van der Waals surface area contributed by atoms with E-state index in [0.29, 0.717) is 5.41 Å². The summed E-state index contributed by atoms with van der Waals surface area (Å²) in [6.07, 6.45) is 11.7. The summed E-state index contributed by atoms with van der Waals surface area (Å²) in [5.74, 6) is 2.30. The highest BCUT2D eigenvalue weighted by Gasteiger charge is 2.74. The number of rotatable bonds is 1. The highest BCUT2D eigenvalue weighted by molar-refractivity contribution is 5.28. The summed E-state index contributed by atoms with van der Waals surface area (Å²) in [6, 6.07) is 0. The molecule has 1 aliphatic heterocycles. The molecule has 2 N–H and O–H groups in total. The molecule has 4 aliphatic carbocycles. The van der Waals surface area contributed by atoms with E-state index in [4.69, 9.17) is 4.74 Å². The van der Waals surface area contributed by atoms with E-state index in [9.17, 15) is 10.2 Å². The normalized spacial score (nSPS) is 58.7. The fraction of sp³-hybridized carbons (Fsp3) is 0.905. The molecule has 0 aromatic heterocycles. The summed E-state index contributed by atoms with van der Waals surface area (Å²) < 4.78 is 6.11. The van der Waals surface area contributed by atoms with Crippen molar-refractivity contribution in [1.29, 1.82) is 0 Å². The first-order valence-electron chi connectivity index (χ1n) is 10.1. The van der Waals surface area contributed by atoms with Crippen LogP contribution in [0.3, 0.4) is 0 Å². The highest BCUT2D eigenvalue weighted by atomic mass is 16.6. The lowest BCUT2D eigenvalue weighted by Crippen LogP contribution is -2.52. The van der Waals surface area contributed by atoms with Crippen molar-refractivity contribution < 1.29 is 14.9 Å². The Kier molecular flexibility index (Phi) is 3.21. The van der Waals surface area contributed by atoms with E-state index in [1.54, 1.807) is 5.57 Å². The molecular formula is C21H32O3. The number of hydrogen-bond acceptors (Lipinski definition) is 3. The Morgan fingerprint density at radius 2 is 1.92 bits per heavy atom. The van der Waals surface area contributed by atoms with Crippen LogP contribution in [0.4, 0.5) is 0 Å². The molecule has 1 spiro atoms. The minimum absolute atomic E-state index is 0.00889. The minimum atomic E-state index is -0.116. The van der Waals surface area contributed by atoms with Crippen LogP contribution < -0.4 is 0 Å². The van der Waals surface area contributed by atoms with Gasteiger partial charge in [-0.3, -0.25) is 0 Å². The van der Waals surface area contributed by atoms with Crippen LogP contribution in [0.25, 0.3) is 0 Å². The minimum Gasteiger partial charge on any atom is -0.394 e. The van der Waals surface area contributed by atoms with E-state index in [-0.39, 0.29) is 29.8 Å². The average Bonchev–Trinajstić information content (AvgIpc) is 3.21. The van der Waals surface area contributed by atoms with Crippen molar-refractivity contribution in [3.63, 3.8) is 0 Å². The largest absolute Gasteiger partial charge is 0.394 e. The topological polar surface area (TPSA) is 53.0 Å². The molecule has 4 fully saturated rings. The van der Waals surface area contributed by atoms with E-state index >= 15 is 0 Å². The van der Waals surface area contributed by atoms with Gasteiger partial charge in [-0.15, -0.1) is 0 Å². The predicted octanol–water partition coefficient (Wildman–Crippen LogP) is 3.44. The molecule has 24 heavy (non-hydrogen) atoms. The Hall–Kier alpha value is -0.380. The summed E-state index contributed by atoms with van der Waals surface area (Å²) in [4.78, 5) is 0. The number of epoxide rings is 1. The molecule has 3 saturated carbocycles. The molecule has 1 saturated heterocycles. The van der Waals surface area contributed by atoms with E-state index in [1.165, 1.54) is 25.7 Å². The number of fused-ring (bicyclic) bond motifs is 6. The number of aliphatic hydroxyl groups is 2. The van der Waals surface area contributed by atoms with Crippen LogP contribution in [0.5, 0.6) is 0 Å². The molecule has 0 aromatic rings. The van der Waals surface area contributed by atoms with Crippen LogP contribution in [0, 0.1) is 28.6 Å². The van der Waals surface area contributed by atoms with Crippen molar-refractivity contribution >= 4 is 0 Å². The molecule has 3 heteroatoms. The SMILES string of the molecule is C[C@]12CC[C@H](O)CC1=CC[C@@H]1[C@@H]2CC[C@@]2(C)[C@H]1CC[C@]21O[C@H]1CO. The van der Waals surface area contributed by atoms with E-state index in [0.717, 1.165) is 43.4 Å². The summed E-state index contributed by atoms with van der Waals surface area (Å²) in [5.41, 5.74) is 2.12. The maximum absolute atomic E-state index is 10.1. The second-order valence-electron chi connectivity index (χ2n) is 9.83. The maximum atomic E-state index is 10.1. The van der Waals surface area contributed by atoms with Crippen molar-refractivity contribution in [1.82, 2.24) is 0 Å². The van der Waals surface area contributed by atoms with Gasteiger partial charge >= 0.3 is 0 Å². The Labute approximate surface area is 145 Å². The third kappa shape index (κ3) is 1.74. The zero-order valence-corrected chi connectivity index (χ0v) is 15.1. The molecule has 0 amide bonds. The first-order chi connectivity index (χ1) is 11.4. The van der Waals surface area contributed by atoms with Gasteiger partial charge in [0.1, 0.15) is 11.7 Å². The summed E-state index contributed by atoms with van der Waals surface area (Å²) in [5, 5.41) is 19.7. The first-order valence-corrected chi connectivity index (χ1v) is 10.1. The molecule has 0 aromatic carbocycles. The van der Waals surface area contributed by atoms with Gasteiger partial charge in [0.15, 0.2) is 0 Å². The Morgan fingerprint density at radius 1 is 1.12 bits per heavy atom. The van der Waals surface area contributed by atoms with Gasteiger partial charge in [0, 0.05) is 5.41 Å². The molecule has 5 aliphatic rings. The molecule has 8 atom stereocenters. The third-order valence-electron chi connectivity index (χ3n) is 9.24. The molecule has 5 rings (SSSR count). The van der Waals surface area contributed by atoms with Crippen LogP contribution in [0.1, 0.15) is 65.2 Å². The van der Waals surface area contributed by atoms with Gasteiger partial charge in [0.05, 0.1) is 12.7 Å². The van der Waals surface area contributed by atoms with Gasteiger partial charge in [-0.2, -0.15) is 0 Å². The van der Waals surface area contributed by atoms with Gasteiger partial charge < -0.3 is 14.9 Å². The summed E-state index contributed by atoms with van der Waals surface area (Å²) in [6.45, 7) is 5.14. The Morgan fingerprint density at radius 3 is 2.67 bits per heavy atom. The zero-order valence-electron chi connectivity index (χ0n) is 15.1. The second-order valence-corrected chi connectivity index (χ2v) is 9.83. The van der Waals surface area contributed by atoms with Crippen molar-refractivity contribution in [2.45, 2.75) is 83.0 Å². The standard InChI is InChI=1S/C21H32O3/c1-19-8-5-14(23)11-13(19)3-4-15-16(19)6-9-20(2)17(15)7-10-21(20)18(12-22)24-21/h3,14-18,22-23H,4-12H2,1-2H3/t14-,15+,16-,17-,18-,19-,20-,21+/m0/s1. The average molecular weight is 332 g/mol. The molecule has 0 bridgehead atoms. The third-order valence-corrected chi connectivity index (χ3v) is 9.24. The molecule has 0 radical (unpaired) electrons. The second kappa shape index (κ2) is 4.86. The smallest absolute Gasteiger partial charge is 0.111 e. The fourth-order valence-electron chi connectivity index (χ4n) is 7.80. The Balaban J connectivity index is 1.47. The number of allylic oxidation sites excluding steroid dienone is 1. The lowest BCUT2D eigenvalue weighted by Gasteiger charge is -2.57. The van der Waals surface area contributed by atoms with Crippen LogP contribution in [-0.4, -0.2) is 34.6 Å². The fourth-order valence-corrected chi connectivity index (χ4v) is 7.80. The van der Waals surface area contributed by atoms with Gasteiger partial charge in [-0.25, -0.2) is 0 Å². The molecule has 1 heterocycles. The van der Waals surface area contributed by atoms with Gasteiger partial charge in [0.25, 0.3) is 0 Å². The number of ether oxygens (including phenoxy) is 1. The van der Waals surface area contributed by atoms with E-state index in [1.807, 2.05) is 0 Å². The van der Waals surface area contributed by atoms with Crippen LogP contribution >= 0.6 is 0 Å². The molecule has 3 nitrogen and oxygen atoms in total. The molecule has 0 unspecified atom stereocenters. The number of hydrogen-bond donors (Lipinski definition) is 2. The first kappa shape index (κ1) is 15.8. The van der Waals surface area contributed by atoms with Crippen LogP contribution in [-0.2, 0) is 4.74 Å². The number of aliphatic hydroxyl groups excluding tert-OH is 2. The van der Waals surface area contributed by atoms with Gasteiger partial charge in [-0.05, 0) is 74.5 Å². The van der Waals surface area contributed by atoms with Crippen molar-refractivity contribution in [2.75, 3.05) is 6.61 Å². The highest BCUT2D eigenvalue weighted by Crippen LogP contribution is 2.72. The summed E-state index contributed by atoms with van der Waals surface area (Å²) in [7, 11) is 0. The van der Waals surface area contributed by atoms with Crippen molar-refractivity contribution in [3.8, 4) is 0 Å². The molecule has 134 valence electrons. The summed E-state index contributed by atoms with van der Waals surface area (Å²) >= 11 is 0. The van der Waals surface area contributed by atoms with Gasteiger partial charge in [0.2, 0.25) is 0 Å². The quantitative estimate of drug-likeness (QED) is 0.571. The van der Waals surface area contributed by atoms with Crippen LogP contribution in [0.2, 0.25) is 0 Å². The monoisotopic (exact) mass is 332 g/mol. The van der Waals surface area contributed by atoms with E-state index in [2.05, 4.69) is 19.9 Å². The lowest BCUT2D eigenvalue weighted by molar-refractivity contribution is -0.0558. The van der Waals surface area contributed by atoms with Gasteiger partial charge in [-0.1, -0.05) is 25.5 Å². The molecular weight excluding hydrogens is 300 g/mol. The van der Waals surface area contributed by atoms with E-state index < -0.39 is 0 Å². The van der Waals surface area contributed by atoms with Crippen molar-refractivity contribution in [2.24, 2.45) is 28.6 Å². The van der Waals surface area contributed by atoms with Crippen molar-refractivity contribution in [3.05, 3.63) is 11.6 Å². The lowest BCUT2D eigenvalue weighted by atomic mass is 9.47.